The van der Waals surface area contributed by atoms with Crippen LogP contribution in [0.3, 0.4) is 0 Å². The predicted molar refractivity (Wildman–Crippen MR) is 85.3 cm³/mol. The van der Waals surface area contributed by atoms with Gasteiger partial charge in [0, 0.05) is 6.54 Å². The van der Waals surface area contributed by atoms with Crippen molar-refractivity contribution in [3.05, 3.63) is 46.6 Å². The van der Waals surface area contributed by atoms with Crippen LogP contribution in [0.5, 0.6) is 5.88 Å². The summed E-state index contributed by atoms with van der Waals surface area (Å²) in [5, 5.41) is 23.8. The molecule has 0 aliphatic carbocycles. The van der Waals surface area contributed by atoms with Crippen LogP contribution in [0.15, 0.2) is 30.6 Å². The Bertz CT molecular complexity index is 783. The van der Waals surface area contributed by atoms with Gasteiger partial charge in [0.05, 0.1) is 17.5 Å². The second-order valence-corrected chi connectivity index (χ2v) is 6.22. The van der Waals surface area contributed by atoms with E-state index < -0.39 is 0 Å². The number of aryl methyl sites for hydroxylation is 1. The lowest BCUT2D eigenvalue weighted by Crippen LogP contribution is -2.28. The number of rotatable bonds is 5. The van der Waals surface area contributed by atoms with Gasteiger partial charge in [-0.3, -0.25) is 4.90 Å². The number of aliphatic hydroxyl groups is 1. The number of hydrogen-bond acceptors (Lipinski definition) is 6. The molecule has 0 radical (unpaired) electrons. The van der Waals surface area contributed by atoms with Gasteiger partial charge in [-0.15, -0.1) is 0 Å². The summed E-state index contributed by atoms with van der Waals surface area (Å²) in [4.78, 5) is 7.60. The molecule has 0 fully saturated rings. The number of hydrogen-bond donors (Lipinski definition) is 2. The molecule has 1 atom stereocenters. The van der Waals surface area contributed by atoms with E-state index in [2.05, 4.69) is 10.1 Å². The van der Waals surface area contributed by atoms with Gasteiger partial charge in [-0.25, -0.2) is 4.98 Å². The van der Waals surface area contributed by atoms with Crippen LogP contribution in [0.25, 0.3) is 4.96 Å². The molecule has 0 aliphatic heterocycles. The summed E-state index contributed by atoms with van der Waals surface area (Å²) in [5.41, 5.74) is 2.23. The third kappa shape index (κ3) is 2.47. The Kier molecular flexibility index (Phi) is 4.10. The maximum absolute atomic E-state index is 10.5. The van der Waals surface area contributed by atoms with Crippen molar-refractivity contribution in [2.45, 2.75) is 13.0 Å². The molecule has 3 rings (SSSR count). The third-order valence-electron chi connectivity index (χ3n) is 3.76. The molecule has 0 aliphatic rings. The van der Waals surface area contributed by atoms with Crippen LogP contribution in [0.1, 0.15) is 22.0 Å². The van der Waals surface area contributed by atoms with E-state index in [1.807, 2.05) is 43.1 Å². The van der Waals surface area contributed by atoms with E-state index >= 15 is 0 Å². The van der Waals surface area contributed by atoms with Crippen LogP contribution in [-0.2, 0) is 0 Å². The maximum Gasteiger partial charge on any atom is 0.230 e. The van der Waals surface area contributed by atoms with Crippen LogP contribution in [0.2, 0.25) is 0 Å². The average molecular weight is 318 g/mol. The molecule has 3 aromatic rings. The summed E-state index contributed by atoms with van der Waals surface area (Å²) in [5.74, 6) is 0.107. The zero-order valence-electron chi connectivity index (χ0n) is 12.5. The standard InChI is InChI=1S/C15H18N4O2S/c1-10-5-3-4-6-11(10)12(18(2)7-8-20)13-14(21)19-15(22-13)16-9-17-19/h3-6,9,12,20-21H,7-8H2,1-2H3. The molecule has 6 nitrogen and oxygen atoms in total. The highest BCUT2D eigenvalue weighted by molar-refractivity contribution is 7.17. The van der Waals surface area contributed by atoms with Crippen molar-refractivity contribution < 1.29 is 10.2 Å². The van der Waals surface area contributed by atoms with Crippen molar-refractivity contribution in [1.29, 1.82) is 0 Å². The summed E-state index contributed by atoms with van der Waals surface area (Å²) in [6.45, 7) is 2.61. The van der Waals surface area contributed by atoms with Crippen molar-refractivity contribution >= 4 is 16.3 Å². The van der Waals surface area contributed by atoms with E-state index in [1.54, 1.807) is 0 Å². The quantitative estimate of drug-likeness (QED) is 0.750. The first-order chi connectivity index (χ1) is 10.6. The van der Waals surface area contributed by atoms with Gasteiger partial charge in [0.15, 0.2) is 0 Å². The second-order valence-electron chi connectivity index (χ2n) is 5.21. The lowest BCUT2D eigenvalue weighted by atomic mass is 9.99. The van der Waals surface area contributed by atoms with Crippen LogP contribution in [0.4, 0.5) is 0 Å². The van der Waals surface area contributed by atoms with Crippen molar-refractivity contribution in [3.8, 4) is 5.88 Å². The summed E-state index contributed by atoms with van der Waals surface area (Å²) in [7, 11) is 1.93. The van der Waals surface area contributed by atoms with Gasteiger partial charge in [-0.1, -0.05) is 35.6 Å². The van der Waals surface area contributed by atoms with Gasteiger partial charge in [-0.05, 0) is 25.1 Å². The van der Waals surface area contributed by atoms with Gasteiger partial charge >= 0.3 is 0 Å². The average Bonchev–Trinajstić information content (AvgIpc) is 3.06. The van der Waals surface area contributed by atoms with E-state index in [9.17, 15) is 10.2 Å². The van der Waals surface area contributed by atoms with Gasteiger partial charge in [-0.2, -0.15) is 9.61 Å². The van der Waals surface area contributed by atoms with Crippen molar-refractivity contribution in [2.24, 2.45) is 0 Å². The fourth-order valence-electron chi connectivity index (χ4n) is 2.63. The summed E-state index contributed by atoms with van der Waals surface area (Å²) in [6.07, 6.45) is 1.43. The van der Waals surface area contributed by atoms with Crippen molar-refractivity contribution in [3.63, 3.8) is 0 Å². The van der Waals surface area contributed by atoms with Gasteiger partial charge < -0.3 is 10.2 Å². The monoisotopic (exact) mass is 318 g/mol. The minimum Gasteiger partial charge on any atom is -0.492 e. The first kappa shape index (κ1) is 15.0. The molecule has 2 heterocycles. The molecule has 1 aromatic carbocycles. The van der Waals surface area contributed by atoms with E-state index in [0.717, 1.165) is 16.0 Å². The Balaban J connectivity index is 2.14. The normalized spacial score (nSPS) is 13.1. The minimum absolute atomic E-state index is 0.0560. The zero-order chi connectivity index (χ0) is 15.7. The molecule has 7 heteroatoms. The molecule has 1 unspecified atom stereocenters. The number of fused-ring (bicyclic) bond motifs is 1. The Morgan fingerprint density at radius 1 is 1.36 bits per heavy atom. The van der Waals surface area contributed by atoms with E-state index in [0.29, 0.717) is 11.5 Å². The number of nitrogens with zero attached hydrogens (tertiary/aromatic N) is 4. The topological polar surface area (TPSA) is 73.9 Å². The number of benzene rings is 1. The predicted octanol–water partition coefficient (Wildman–Crippen LogP) is 1.82. The molecule has 0 bridgehead atoms. The Morgan fingerprint density at radius 3 is 2.82 bits per heavy atom. The summed E-state index contributed by atoms with van der Waals surface area (Å²) >= 11 is 1.41. The molecule has 0 saturated carbocycles. The Labute approximate surface area is 132 Å². The fourth-order valence-corrected chi connectivity index (χ4v) is 3.74. The Morgan fingerprint density at radius 2 is 2.14 bits per heavy atom. The third-order valence-corrected chi connectivity index (χ3v) is 4.85. The zero-order valence-corrected chi connectivity index (χ0v) is 13.3. The fraction of sp³-hybridized carbons (Fsp3) is 0.333. The summed E-state index contributed by atoms with van der Waals surface area (Å²) in [6, 6.07) is 7.91. The number of aromatic hydroxyl groups is 1. The molecular weight excluding hydrogens is 300 g/mol. The van der Waals surface area contributed by atoms with E-state index in [-0.39, 0.29) is 18.5 Å². The molecule has 2 aromatic heterocycles. The van der Waals surface area contributed by atoms with Crippen LogP contribution in [-0.4, -0.2) is 49.9 Å². The van der Waals surface area contributed by atoms with Crippen LogP contribution >= 0.6 is 11.3 Å². The van der Waals surface area contributed by atoms with E-state index in [1.165, 1.54) is 22.2 Å². The molecule has 2 N–H and O–H groups in total. The molecule has 22 heavy (non-hydrogen) atoms. The first-order valence-corrected chi connectivity index (χ1v) is 7.83. The highest BCUT2D eigenvalue weighted by Crippen LogP contribution is 2.39. The first-order valence-electron chi connectivity index (χ1n) is 7.01. The summed E-state index contributed by atoms with van der Waals surface area (Å²) < 4.78 is 1.44. The molecule has 0 saturated heterocycles. The van der Waals surface area contributed by atoms with Crippen LogP contribution in [0, 0.1) is 6.92 Å². The maximum atomic E-state index is 10.5. The highest BCUT2D eigenvalue weighted by Gasteiger charge is 2.27. The lowest BCUT2D eigenvalue weighted by molar-refractivity contribution is 0.196. The lowest BCUT2D eigenvalue weighted by Gasteiger charge is -2.28. The van der Waals surface area contributed by atoms with Crippen molar-refractivity contribution in [1.82, 2.24) is 19.5 Å². The number of aromatic nitrogens is 3. The molecule has 0 spiro atoms. The Hall–Kier alpha value is -1.96. The number of aliphatic hydroxyl groups excluding tert-OH is 1. The molecule has 0 amide bonds. The number of thiazole rings is 1. The SMILES string of the molecule is Cc1ccccc1C(c1sc2ncnn2c1O)N(C)CCO. The molecule has 116 valence electrons. The highest BCUT2D eigenvalue weighted by atomic mass is 32.1. The van der Waals surface area contributed by atoms with E-state index in [4.69, 9.17) is 0 Å². The molecular formula is C15H18N4O2S. The van der Waals surface area contributed by atoms with Gasteiger partial charge in [0.1, 0.15) is 6.33 Å². The van der Waals surface area contributed by atoms with Gasteiger partial charge in [0.2, 0.25) is 10.8 Å². The second kappa shape index (κ2) is 6.04. The van der Waals surface area contributed by atoms with Gasteiger partial charge in [0.25, 0.3) is 0 Å². The largest absolute Gasteiger partial charge is 0.492 e. The van der Waals surface area contributed by atoms with Crippen molar-refractivity contribution in [2.75, 3.05) is 20.2 Å². The number of likely N-dealkylation sites (N-methyl/N-ethyl adjacent to an activating group) is 1. The minimum atomic E-state index is -0.151. The van der Waals surface area contributed by atoms with Crippen LogP contribution < -0.4 is 0 Å². The smallest absolute Gasteiger partial charge is 0.230 e.